The number of nitro benzene ring substituents is 1. The molecule has 1 aromatic rings. The van der Waals surface area contributed by atoms with E-state index < -0.39 is 11.0 Å². The number of hydrogen-bond donors (Lipinski definition) is 1. The molecule has 1 heterocycles. The van der Waals surface area contributed by atoms with Crippen LogP contribution in [0.3, 0.4) is 0 Å². The van der Waals surface area contributed by atoms with E-state index in [0.717, 1.165) is 12.8 Å². The Kier molecular flexibility index (Phi) is 5.46. The predicted molar refractivity (Wildman–Crippen MR) is 85.5 cm³/mol. The lowest BCUT2D eigenvalue weighted by atomic mass is 10.0. The molecule has 0 aliphatic carbocycles. The van der Waals surface area contributed by atoms with E-state index in [2.05, 4.69) is 5.32 Å². The maximum Gasteiger partial charge on any atom is 0.270 e. The highest BCUT2D eigenvalue weighted by Crippen LogP contribution is 2.19. The van der Waals surface area contributed by atoms with E-state index in [-0.39, 0.29) is 17.5 Å². The highest BCUT2D eigenvalue weighted by Gasteiger charge is 2.30. The third-order valence-electron chi connectivity index (χ3n) is 3.83. The lowest BCUT2D eigenvalue weighted by Gasteiger charge is -2.33. The number of likely N-dealkylation sites (N-methyl/N-ethyl adjacent to an activating group) is 1. The number of non-ortho nitro benzene ring substituents is 1. The van der Waals surface area contributed by atoms with Crippen molar-refractivity contribution in [3.05, 3.63) is 46.0 Å². The molecule has 0 saturated carbocycles. The van der Waals surface area contributed by atoms with Crippen LogP contribution in [0, 0.1) is 10.1 Å². The summed E-state index contributed by atoms with van der Waals surface area (Å²) in [6.07, 6.45) is 5.32. The minimum Gasteiger partial charge on any atom is -0.357 e. The SMILES string of the molecule is CNC(=O)C1CCCCN1C(=O)C=Cc1cccc([N+](=O)[O-])c1. The molecule has 1 atom stereocenters. The van der Waals surface area contributed by atoms with Crippen LogP contribution in [-0.2, 0) is 9.59 Å². The number of likely N-dealkylation sites (tertiary alicyclic amines) is 1. The Hall–Kier alpha value is -2.70. The van der Waals surface area contributed by atoms with Crippen LogP contribution >= 0.6 is 0 Å². The van der Waals surface area contributed by atoms with Gasteiger partial charge in [0.1, 0.15) is 6.04 Å². The van der Waals surface area contributed by atoms with E-state index in [4.69, 9.17) is 0 Å². The number of nitro groups is 1. The van der Waals surface area contributed by atoms with Gasteiger partial charge in [-0.25, -0.2) is 0 Å². The van der Waals surface area contributed by atoms with Gasteiger partial charge in [-0.3, -0.25) is 19.7 Å². The van der Waals surface area contributed by atoms with Crippen LogP contribution in [0.2, 0.25) is 0 Å². The van der Waals surface area contributed by atoms with Crippen molar-refractivity contribution in [3.8, 4) is 0 Å². The summed E-state index contributed by atoms with van der Waals surface area (Å²) in [4.78, 5) is 36.0. The van der Waals surface area contributed by atoms with E-state index in [1.54, 1.807) is 24.1 Å². The lowest BCUT2D eigenvalue weighted by molar-refractivity contribution is -0.384. The quantitative estimate of drug-likeness (QED) is 0.520. The number of hydrogen-bond acceptors (Lipinski definition) is 4. The molecule has 2 rings (SSSR count). The number of nitrogens with zero attached hydrogens (tertiary/aromatic N) is 2. The summed E-state index contributed by atoms with van der Waals surface area (Å²) in [5, 5.41) is 13.3. The Morgan fingerprint density at radius 1 is 1.39 bits per heavy atom. The van der Waals surface area contributed by atoms with Gasteiger partial charge in [-0.1, -0.05) is 12.1 Å². The molecule has 1 saturated heterocycles. The molecule has 0 radical (unpaired) electrons. The second-order valence-electron chi connectivity index (χ2n) is 5.34. The van der Waals surface area contributed by atoms with Gasteiger partial charge in [0.15, 0.2) is 0 Å². The van der Waals surface area contributed by atoms with E-state index >= 15 is 0 Å². The fourth-order valence-electron chi connectivity index (χ4n) is 2.64. The third-order valence-corrected chi connectivity index (χ3v) is 3.83. The number of nitrogens with one attached hydrogen (secondary N) is 1. The molecule has 1 N–H and O–H groups in total. The molecular weight excluding hydrogens is 298 g/mol. The van der Waals surface area contributed by atoms with Crippen molar-refractivity contribution in [2.75, 3.05) is 13.6 Å². The van der Waals surface area contributed by atoms with Crippen LogP contribution in [0.15, 0.2) is 30.3 Å². The van der Waals surface area contributed by atoms with Gasteiger partial charge in [-0.05, 0) is 30.9 Å². The summed E-state index contributed by atoms with van der Waals surface area (Å²) in [6, 6.07) is 5.59. The van der Waals surface area contributed by atoms with Crippen molar-refractivity contribution in [2.24, 2.45) is 0 Å². The zero-order valence-electron chi connectivity index (χ0n) is 12.9. The van der Waals surface area contributed by atoms with Gasteiger partial charge in [0.05, 0.1) is 4.92 Å². The van der Waals surface area contributed by atoms with Crippen molar-refractivity contribution in [2.45, 2.75) is 25.3 Å². The van der Waals surface area contributed by atoms with Gasteiger partial charge in [-0.15, -0.1) is 0 Å². The van der Waals surface area contributed by atoms with Crippen LogP contribution in [0.1, 0.15) is 24.8 Å². The normalized spacial score (nSPS) is 18.0. The van der Waals surface area contributed by atoms with Crippen LogP contribution < -0.4 is 5.32 Å². The van der Waals surface area contributed by atoms with Crippen molar-refractivity contribution >= 4 is 23.6 Å². The third kappa shape index (κ3) is 4.15. The fourth-order valence-corrected chi connectivity index (χ4v) is 2.64. The zero-order chi connectivity index (χ0) is 16.8. The summed E-state index contributed by atoms with van der Waals surface area (Å²) >= 11 is 0. The number of carbonyl (C=O) groups is 2. The first-order valence-corrected chi connectivity index (χ1v) is 7.47. The maximum atomic E-state index is 12.3. The monoisotopic (exact) mass is 317 g/mol. The number of benzene rings is 1. The predicted octanol–water partition coefficient (Wildman–Crippen LogP) is 1.74. The van der Waals surface area contributed by atoms with Crippen molar-refractivity contribution in [1.82, 2.24) is 10.2 Å². The van der Waals surface area contributed by atoms with Gasteiger partial charge in [0.25, 0.3) is 5.69 Å². The minimum atomic E-state index is -0.481. The summed E-state index contributed by atoms with van der Waals surface area (Å²) < 4.78 is 0. The summed E-state index contributed by atoms with van der Waals surface area (Å²) in [5.41, 5.74) is 0.543. The Morgan fingerprint density at radius 2 is 2.17 bits per heavy atom. The van der Waals surface area contributed by atoms with Crippen molar-refractivity contribution < 1.29 is 14.5 Å². The molecular formula is C16H19N3O4. The van der Waals surface area contributed by atoms with Gasteiger partial charge >= 0.3 is 0 Å². The Balaban J connectivity index is 2.11. The second kappa shape index (κ2) is 7.53. The number of amides is 2. The molecule has 1 aliphatic rings. The van der Waals surface area contributed by atoms with Gasteiger partial charge in [-0.2, -0.15) is 0 Å². The summed E-state index contributed by atoms with van der Waals surface area (Å²) in [6.45, 7) is 0.538. The Morgan fingerprint density at radius 3 is 2.87 bits per heavy atom. The molecule has 23 heavy (non-hydrogen) atoms. The molecule has 1 aliphatic heterocycles. The first kappa shape index (κ1) is 16.7. The molecule has 0 aromatic heterocycles. The highest BCUT2D eigenvalue weighted by molar-refractivity contribution is 5.95. The number of piperidine rings is 1. The molecule has 122 valence electrons. The molecule has 2 amide bonds. The average molecular weight is 317 g/mol. The fraction of sp³-hybridized carbons (Fsp3) is 0.375. The molecule has 7 heteroatoms. The smallest absolute Gasteiger partial charge is 0.270 e. The number of rotatable bonds is 4. The number of carbonyl (C=O) groups excluding carboxylic acids is 2. The average Bonchev–Trinajstić information content (AvgIpc) is 2.59. The second-order valence-corrected chi connectivity index (χ2v) is 5.34. The Bertz CT molecular complexity index is 642. The van der Waals surface area contributed by atoms with E-state index in [1.807, 2.05) is 0 Å². The largest absolute Gasteiger partial charge is 0.357 e. The standard InChI is InChI=1S/C16H19N3O4/c1-17-16(21)14-7-2-3-10-18(14)15(20)9-8-12-5-4-6-13(11-12)19(22)23/h4-6,8-9,11,14H,2-3,7,10H2,1H3,(H,17,21). The van der Waals surface area contributed by atoms with Crippen LogP contribution in [0.5, 0.6) is 0 Å². The van der Waals surface area contributed by atoms with Crippen LogP contribution in [0.25, 0.3) is 6.08 Å². The molecule has 1 unspecified atom stereocenters. The first-order chi connectivity index (χ1) is 11.0. The van der Waals surface area contributed by atoms with Crippen molar-refractivity contribution in [1.29, 1.82) is 0 Å². The molecule has 7 nitrogen and oxygen atoms in total. The van der Waals surface area contributed by atoms with E-state index in [1.165, 1.54) is 24.3 Å². The van der Waals surface area contributed by atoms with E-state index in [9.17, 15) is 19.7 Å². The van der Waals surface area contributed by atoms with Crippen LogP contribution in [-0.4, -0.2) is 41.3 Å². The van der Waals surface area contributed by atoms with Gasteiger partial charge in [0.2, 0.25) is 11.8 Å². The van der Waals surface area contributed by atoms with Crippen LogP contribution in [0.4, 0.5) is 5.69 Å². The van der Waals surface area contributed by atoms with E-state index in [0.29, 0.717) is 18.5 Å². The molecule has 1 aromatic carbocycles. The lowest BCUT2D eigenvalue weighted by Crippen LogP contribution is -2.50. The van der Waals surface area contributed by atoms with Gasteiger partial charge < -0.3 is 10.2 Å². The Labute approximate surface area is 134 Å². The first-order valence-electron chi connectivity index (χ1n) is 7.47. The highest BCUT2D eigenvalue weighted by atomic mass is 16.6. The molecule has 0 spiro atoms. The maximum absolute atomic E-state index is 12.3. The van der Waals surface area contributed by atoms with Gasteiger partial charge in [0, 0.05) is 31.8 Å². The van der Waals surface area contributed by atoms with Crippen molar-refractivity contribution in [3.63, 3.8) is 0 Å². The molecule has 1 fully saturated rings. The zero-order valence-corrected chi connectivity index (χ0v) is 12.9. The summed E-state index contributed by atoms with van der Waals surface area (Å²) in [5.74, 6) is -0.424. The summed E-state index contributed by atoms with van der Waals surface area (Å²) in [7, 11) is 1.55. The minimum absolute atomic E-state index is 0.0270. The molecule has 0 bridgehead atoms. The topological polar surface area (TPSA) is 92.6 Å².